The minimum absolute atomic E-state index is 0.00561. The maximum atomic E-state index is 13.2. The van der Waals surface area contributed by atoms with Gasteiger partial charge in [0, 0.05) is 25.9 Å². The summed E-state index contributed by atoms with van der Waals surface area (Å²) < 4.78 is 5.23. The highest BCUT2D eigenvalue weighted by molar-refractivity contribution is 5.88. The summed E-state index contributed by atoms with van der Waals surface area (Å²) >= 11 is 0. The number of methoxy groups -OCH3 is 1. The Bertz CT molecular complexity index is 788. The lowest BCUT2D eigenvalue weighted by Crippen LogP contribution is -2.51. The lowest BCUT2D eigenvalue weighted by Gasteiger charge is -2.32. The molecule has 0 aliphatic rings. The Hall–Kier alpha value is -2.82. The summed E-state index contributed by atoms with van der Waals surface area (Å²) in [4.78, 5) is 28.0. The van der Waals surface area contributed by atoms with Gasteiger partial charge in [-0.2, -0.15) is 0 Å². The second-order valence-corrected chi connectivity index (χ2v) is 7.96. The Labute approximate surface area is 180 Å². The first-order valence-corrected chi connectivity index (χ1v) is 10.7. The summed E-state index contributed by atoms with van der Waals surface area (Å²) in [6.07, 6.45) is 1.64. The number of nitrogens with one attached hydrogen (secondary N) is 1. The first kappa shape index (κ1) is 23.5. The third kappa shape index (κ3) is 7.21. The fraction of sp³-hybridized carbons (Fsp3) is 0.440. The van der Waals surface area contributed by atoms with Crippen molar-refractivity contribution < 1.29 is 14.3 Å². The number of rotatable bonds is 11. The molecule has 0 fully saturated rings. The number of hydrogen-bond acceptors (Lipinski definition) is 3. The molecule has 0 heterocycles. The fourth-order valence-electron chi connectivity index (χ4n) is 3.26. The molecule has 1 atom stereocenters. The number of carbonyl (C=O) groups is 2. The summed E-state index contributed by atoms with van der Waals surface area (Å²) in [5.41, 5.74) is 2.00. The van der Waals surface area contributed by atoms with E-state index in [0.717, 1.165) is 23.3 Å². The van der Waals surface area contributed by atoms with Crippen LogP contribution in [-0.4, -0.2) is 36.4 Å². The van der Waals surface area contributed by atoms with Crippen molar-refractivity contribution in [2.75, 3.05) is 13.7 Å². The van der Waals surface area contributed by atoms with Gasteiger partial charge < -0.3 is 15.0 Å². The molecule has 0 saturated heterocycles. The van der Waals surface area contributed by atoms with Crippen molar-refractivity contribution in [3.8, 4) is 5.75 Å². The fourth-order valence-corrected chi connectivity index (χ4v) is 3.26. The monoisotopic (exact) mass is 410 g/mol. The molecule has 0 unspecified atom stereocenters. The van der Waals surface area contributed by atoms with Crippen LogP contribution in [0.1, 0.15) is 44.7 Å². The predicted molar refractivity (Wildman–Crippen MR) is 120 cm³/mol. The zero-order valence-corrected chi connectivity index (χ0v) is 18.6. The SMILES string of the molecule is CCCC(=O)N(Cc1ccc(OC)cc1)[C@@H](Cc1ccccc1)C(=O)NCC(C)C. The molecule has 0 aliphatic carbocycles. The summed E-state index contributed by atoms with van der Waals surface area (Å²) in [7, 11) is 1.63. The average Bonchev–Trinajstić information content (AvgIpc) is 2.75. The Balaban J connectivity index is 2.33. The quantitative estimate of drug-likeness (QED) is 0.604. The van der Waals surface area contributed by atoms with Gasteiger partial charge in [-0.3, -0.25) is 9.59 Å². The highest BCUT2D eigenvalue weighted by Crippen LogP contribution is 2.18. The normalized spacial score (nSPS) is 11.8. The van der Waals surface area contributed by atoms with Gasteiger partial charge in [0.05, 0.1) is 7.11 Å². The molecule has 2 aromatic carbocycles. The van der Waals surface area contributed by atoms with Gasteiger partial charge >= 0.3 is 0 Å². The molecule has 0 aliphatic heterocycles. The zero-order chi connectivity index (χ0) is 21.9. The van der Waals surface area contributed by atoms with Gasteiger partial charge in [-0.25, -0.2) is 0 Å². The second-order valence-electron chi connectivity index (χ2n) is 7.96. The third-order valence-corrected chi connectivity index (χ3v) is 4.93. The van der Waals surface area contributed by atoms with Gasteiger partial charge in [0.15, 0.2) is 0 Å². The number of nitrogens with zero attached hydrogens (tertiary/aromatic N) is 1. The van der Waals surface area contributed by atoms with Crippen LogP contribution in [0.3, 0.4) is 0 Å². The number of carbonyl (C=O) groups excluding carboxylic acids is 2. The molecule has 0 spiro atoms. The molecule has 1 N–H and O–H groups in total. The van der Waals surface area contributed by atoms with E-state index < -0.39 is 6.04 Å². The molecule has 2 aromatic rings. The second kappa shape index (κ2) is 12.0. The maximum absolute atomic E-state index is 13.2. The van der Waals surface area contributed by atoms with Gasteiger partial charge in [0.25, 0.3) is 0 Å². The van der Waals surface area contributed by atoms with Crippen LogP contribution < -0.4 is 10.1 Å². The van der Waals surface area contributed by atoms with Crippen molar-refractivity contribution in [1.29, 1.82) is 0 Å². The molecular formula is C25H34N2O3. The van der Waals surface area contributed by atoms with Crippen molar-refractivity contribution >= 4 is 11.8 Å². The van der Waals surface area contributed by atoms with Crippen LogP contribution in [0.2, 0.25) is 0 Å². The van der Waals surface area contributed by atoms with Crippen LogP contribution in [-0.2, 0) is 22.6 Å². The highest BCUT2D eigenvalue weighted by atomic mass is 16.5. The van der Waals surface area contributed by atoms with Crippen LogP contribution in [0, 0.1) is 5.92 Å². The average molecular weight is 411 g/mol. The predicted octanol–water partition coefficient (Wildman–Crippen LogP) is 4.21. The molecule has 5 nitrogen and oxygen atoms in total. The largest absolute Gasteiger partial charge is 0.497 e. The minimum atomic E-state index is -0.563. The van der Waals surface area contributed by atoms with Gasteiger partial charge in [-0.05, 0) is 35.6 Å². The zero-order valence-electron chi connectivity index (χ0n) is 18.6. The molecule has 2 rings (SSSR count). The topological polar surface area (TPSA) is 58.6 Å². The van der Waals surface area contributed by atoms with E-state index in [1.807, 2.05) is 61.5 Å². The van der Waals surface area contributed by atoms with Crippen molar-refractivity contribution in [2.24, 2.45) is 5.92 Å². The number of ether oxygens (including phenoxy) is 1. The minimum Gasteiger partial charge on any atom is -0.497 e. The van der Waals surface area contributed by atoms with E-state index in [0.29, 0.717) is 31.8 Å². The van der Waals surface area contributed by atoms with Crippen molar-refractivity contribution in [1.82, 2.24) is 10.2 Å². The molecule has 0 aromatic heterocycles. The molecule has 0 saturated carbocycles. The third-order valence-electron chi connectivity index (χ3n) is 4.93. The van der Waals surface area contributed by atoms with Gasteiger partial charge in [0.2, 0.25) is 11.8 Å². The van der Waals surface area contributed by atoms with Crippen molar-refractivity contribution in [3.05, 3.63) is 65.7 Å². The summed E-state index contributed by atoms with van der Waals surface area (Å²) in [6, 6.07) is 16.9. The summed E-state index contributed by atoms with van der Waals surface area (Å²) in [6.45, 7) is 7.07. The molecular weight excluding hydrogens is 376 g/mol. The summed E-state index contributed by atoms with van der Waals surface area (Å²) in [5, 5.41) is 3.03. The van der Waals surface area contributed by atoms with E-state index in [-0.39, 0.29) is 11.8 Å². The van der Waals surface area contributed by atoms with E-state index in [1.54, 1.807) is 12.0 Å². The first-order chi connectivity index (χ1) is 14.4. The Morgan fingerprint density at radius 1 is 1.00 bits per heavy atom. The van der Waals surface area contributed by atoms with Gasteiger partial charge in [-0.1, -0.05) is 63.2 Å². The Morgan fingerprint density at radius 3 is 2.23 bits per heavy atom. The highest BCUT2D eigenvalue weighted by Gasteiger charge is 2.29. The molecule has 162 valence electrons. The van der Waals surface area contributed by atoms with Gasteiger partial charge in [0.1, 0.15) is 11.8 Å². The van der Waals surface area contributed by atoms with E-state index >= 15 is 0 Å². The number of hydrogen-bond donors (Lipinski definition) is 1. The van der Waals surface area contributed by atoms with Crippen LogP contribution in [0.5, 0.6) is 5.75 Å². The van der Waals surface area contributed by atoms with E-state index in [4.69, 9.17) is 4.74 Å². The number of amides is 2. The lowest BCUT2D eigenvalue weighted by molar-refractivity contribution is -0.141. The van der Waals surface area contributed by atoms with Crippen LogP contribution in [0.4, 0.5) is 0 Å². The van der Waals surface area contributed by atoms with Gasteiger partial charge in [-0.15, -0.1) is 0 Å². The smallest absolute Gasteiger partial charge is 0.243 e. The van der Waals surface area contributed by atoms with Crippen LogP contribution in [0.25, 0.3) is 0 Å². The number of benzene rings is 2. The molecule has 0 bridgehead atoms. The molecule has 5 heteroatoms. The van der Waals surface area contributed by atoms with Crippen molar-refractivity contribution in [2.45, 2.75) is 52.6 Å². The standard InChI is InChI=1S/C25H34N2O3/c1-5-9-24(28)27(18-21-12-14-22(30-4)15-13-21)23(25(29)26-17-19(2)3)16-20-10-7-6-8-11-20/h6-8,10-15,19,23H,5,9,16-18H2,1-4H3,(H,26,29)/t23-/m0/s1. The van der Waals surface area contributed by atoms with E-state index in [1.165, 1.54) is 0 Å². The van der Waals surface area contributed by atoms with Crippen LogP contribution in [0.15, 0.2) is 54.6 Å². The van der Waals surface area contributed by atoms with E-state index in [9.17, 15) is 9.59 Å². The molecule has 30 heavy (non-hydrogen) atoms. The molecule has 2 amide bonds. The van der Waals surface area contributed by atoms with E-state index in [2.05, 4.69) is 19.2 Å². The summed E-state index contributed by atoms with van der Waals surface area (Å²) in [5.74, 6) is 0.993. The Morgan fingerprint density at radius 2 is 1.67 bits per heavy atom. The lowest BCUT2D eigenvalue weighted by atomic mass is 10.0. The van der Waals surface area contributed by atoms with Crippen molar-refractivity contribution in [3.63, 3.8) is 0 Å². The Kier molecular flexibility index (Phi) is 9.39. The maximum Gasteiger partial charge on any atom is 0.243 e. The first-order valence-electron chi connectivity index (χ1n) is 10.7. The van der Waals surface area contributed by atoms with Crippen LogP contribution >= 0.6 is 0 Å². The molecule has 0 radical (unpaired) electrons.